The molecule has 5 heterocycles. The van der Waals surface area contributed by atoms with Gasteiger partial charge in [-0.25, -0.2) is 22.5 Å². The largest absolute Gasteiger partial charge is 0.497 e. The molecule has 4 aromatic carbocycles. The maximum absolute atomic E-state index is 18.5. The Morgan fingerprint density at radius 3 is 2.12 bits per heavy atom. The Morgan fingerprint density at radius 2 is 1.50 bits per heavy atom. The monoisotopic (exact) mass is 1030 g/mol. The molecule has 2 aromatic heterocycles. The Hall–Kier alpha value is -5.99. The van der Waals surface area contributed by atoms with Crippen LogP contribution in [0.1, 0.15) is 84.4 Å². The number of benzene rings is 4. The zero-order chi connectivity index (χ0) is 52.7. The van der Waals surface area contributed by atoms with E-state index in [1.807, 2.05) is 59.5 Å². The zero-order valence-electron chi connectivity index (χ0n) is 44.0. The zero-order valence-corrected chi connectivity index (χ0v) is 45.0. The van der Waals surface area contributed by atoms with Crippen LogP contribution in [0.2, 0.25) is 16.6 Å². The number of methoxy groups -OCH3 is 2. The summed E-state index contributed by atoms with van der Waals surface area (Å²) in [5, 5.41) is 12.0. The van der Waals surface area contributed by atoms with Crippen LogP contribution in [-0.4, -0.2) is 111 Å². The molecule has 0 radical (unpaired) electrons. The normalized spacial score (nSPS) is 20.3. The number of hydrogen-bond donors (Lipinski definition) is 1. The number of aliphatic hydroxyl groups is 1. The Labute approximate surface area is 433 Å². The molecule has 3 atom stereocenters. The Bertz CT molecular complexity index is 3000. The van der Waals surface area contributed by atoms with Crippen LogP contribution in [0.15, 0.2) is 72.8 Å². The smallest absolute Gasteiger partial charge is 0.319 e. The second kappa shape index (κ2) is 21.3. The molecule has 16 heteroatoms. The lowest BCUT2D eigenvalue weighted by molar-refractivity contribution is -0.0123. The third-order valence-corrected chi connectivity index (χ3v) is 21.9. The standard InChI is InChI=1S/C58H68F4N6O5Si/c1-36(2)74(37(3)4,38(5)6)26-21-45-47(60)20-15-41-27-49(67(30-39-11-16-43(70-8)17-12-39)31-40-13-18-44(71-9)19-14-40)63-54(50(41)45)51-48(61)28-46-53(52(51)62)64-56(65-55(46)66-24-25-72-34-57(7,69)33-66)73-35-58-22-10-23-68(58)32-42(59)29-58/h11-20,27-28,36-38,42,69H,10,22-25,29-35H2,1-9H3/t42-,57?,58+/m1/s1. The number of pyridine rings is 1. The van der Waals surface area contributed by atoms with Crippen molar-refractivity contribution in [2.24, 2.45) is 0 Å². The van der Waals surface area contributed by atoms with E-state index in [4.69, 9.17) is 28.9 Å². The SMILES string of the molecule is COc1ccc(CN(Cc2ccc(OC)cc2)c2cc3ccc(F)c(C#C[Si](C(C)C)(C(C)C)C(C)C)c3c(-c3c(F)cc4c(N5CCOCC(C)(O)C5)nc(OC[C@@]56CCCN5C[C@H](F)C6)nc4c3F)n2)cc1. The van der Waals surface area contributed by atoms with Crippen LogP contribution in [0.5, 0.6) is 17.5 Å². The van der Waals surface area contributed by atoms with Gasteiger partial charge in [-0.1, -0.05) is 77.8 Å². The van der Waals surface area contributed by atoms with Crippen molar-refractivity contribution >= 4 is 41.4 Å². The van der Waals surface area contributed by atoms with E-state index in [0.29, 0.717) is 48.8 Å². The number of hydrogen-bond acceptors (Lipinski definition) is 11. The lowest BCUT2D eigenvalue weighted by atomic mass is 9.95. The van der Waals surface area contributed by atoms with Gasteiger partial charge in [0, 0.05) is 43.4 Å². The summed E-state index contributed by atoms with van der Waals surface area (Å²) in [7, 11) is 0.717. The number of alkyl halides is 1. The van der Waals surface area contributed by atoms with Crippen molar-refractivity contribution in [2.45, 2.75) is 115 Å². The van der Waals surface area contributed by atoms with E-state index in [1.54, 1.807) is 32.1 Å². The van der Waals surface area contributed by atoms with Gasteiger partial charge in [-0.3, -0.25) is 4.90 Å². The van der Waals surface area contributed by atoms with Gasteiger partial charge in [0.05, 0.1) is 56.3 Å². The summed E-state index contributed by atoms with van der Waals surface area (Å²) in [5.74, 6) is 2.46. The topological polar surface area (TPSA) is 106 Å². The third kappa shape index (κ3) is 10.4. The van der Waals surface area contributed by atoms with E-state index in [-0.39, 0.29) is 95.3 Å². The molecule has 392 valence electrons. The van der Waals surface area contributed by atoms with E-state index in [9.17, 15) is 9.50 Å². The van der Waals surface area contributed by atoms with Gasteiger partial charge in [0.15, 0.2) is 5.82 Å². The number of aromatic nitrogens is 3. The van der Waals surface area contributed by atoms with Crippen molar-refractivity contribution < 1.29 is 41.6 Å². The minimum atomic E-state index is -2.49. The highest BCUT2D eigenvalue weighted by Crippen LogP contribution is 2.45. The predicted molar refractivity (Wildman–Crippen MR) is 286 cm³/mol. The molecule has 3 aliphatic rings. The molecule has 0 spiro atoms. The first-order valence-corrected chi connectivity index (χ1v) is 28.0. The van der Waals surface area contributed by atoms with E-state index < -0.39 is 48.4 Å². The maximum Gasteiger partial charge on any atom is 0.319 e. The molecule has 1 unspecified atom stereocenters. The molecule has 0 aliphatic carbocycles. The highest BCUT2D eigenvalue weighted by atomic mass is 28.3. The lowest BCUT2D eigenvalue weighted by Crippen LogP contribution is -2.44. The minimum Gasteiger partial charge on any atom is -0.497 e. The molecule has 0 bridgehead atoms. The number of ether oxygens (including phenoxy) is 4. The molecule has 11 nitrogen and oxygen atoms in total. The van der Waals surface area contributed by atoms with Crippen molar-refractivity contribution in [3.8, 4) is 40.2 Å². The Morgan fingerprint density at radius 1 is 0.851 bits per heavy atom. The summed E-state index contributed by atoms with van der Waals surface area (Å²) in [6.45, 7) is 16.8. The molecule has 9 rings (SSSR count). The summed E-state index contributed by atoms with van der Waals surface area (Å²) in [6, 6.07) is 21.0. The van der Waals surface area contributed by atoms with Gasteiger partial charge < -0.3 is 33.9 Å². The van der Waals surface area contributed by atoms with E-state index in [1.165, 1.54) is 12.1 Å². The lowest BCUT2D eigenvalue weighted by Gasteiger charge is -2.38. The second-order valence-corrected chi connectivity index (χ2v) is 27.2. The van der Waals surface area contributed by atoms with Gasteiger partial charge in [0.2, 0.25) is 0 Å². The van der Waals surface area contributed by atoms with Crippen molar-refractivity contribution in [3.05, 3.63) is 107 Å². The highest BCUT2D eigenvalue weighted by Gasteiger charge is 2.49. The first kappa shape index (κ1) is 52.9. The number of rotatable bonds is 15. The van der Waals surface area contributed by atoms with Gasteiger partial charge in [-0.2, -0.15) is 9.97 Å². The van der Waals surface area contributed by atoms with Crippen LogP contribution < -0.4 is 24.0 Å². The molecule has 0 saturated carbocycles. The van der Waals surface area contributed by atoms with Crippen molar-refractivity contribution in [3.63, 3.8) is 0 Å². The van der Waals surface area contributed by atoms with Gasteiger partial charge in [-0.05, 0) is 102 Å². The third-order valence-electron chi connectivity index (χ3n) is 15.7. The van der Waals surface area contributed by atoms with Crippen LogP contribution >= 0.6 is 0 Å². The molecule has 3 fully saturated rings. The summed E-state index contributed by atoms with van der Waals surface area (Å²) in [5.41, 5.74) is 3.21. The summed E-state index contributed by atoms with van der Waals surface area (Å²) >= 11 is 0. The molecular formula is C58H68F4N6O5Si. The Kier molecular flexibility index (Phi) is 15.2. The van der Waals surface area contributed by atoms with Crippen LogP contribution in [0.3, 0.4) is 0 Å². The molecule has 1 N–H and O–H groups in total. The number of nitrogens with zero attached hydrogens (tertiary/aromatic N) is 6. The predicted octanol–water partition coefficient (Wildman–Crippen LogP) is 11.6. The quantitative estimate of drug-likeness (QED) is 0.0604. The van der Waals surface area contributed by atoms with Crippen molar-refractivity contribution in [1.29, 1.82) is 0 Å². The average Bonchev–Trinajstić information content (AvgIpc) is 3.84. The van der Waals surface area contributed by atoms with Gasteiger partial charge >= 0.3 is 6.01 Å². The minimum absolute atomic E-state index is 0.00608. The summed E-state index contributed by atoms with van der Waals surface area (Å²) in [4.78, 5) is 20.5. The first-order chi connectivity index (χ1) is 35.3. The molecule has 0 amide bonds. The van der Waals surface area contributed by atoms with Crippen LogP contribution in [0.25, 0.3) is 32.9 Å². The van der Waals surface area contributed by atoms with E-state index in [0.717, 1.165) is 24.1 Å². The molecule has 6 aromatic rings. The van der Waals surface area contributed by atoms with E-state index in [2.05, 4.69) is 62.9 Å². The fourth-order valence-electron chi connectivity index (χ4n) is 12.0. The van der Waals surface area contributed by atoms with Crippen molar-refractivity contribution in [1.82, 2.24) is 19.9 Å². The number of β-amino-alcohol motifs (C(OH)–C–C–N with tert-alkyl or cyclic N) is 1. The average molecular weight is 1030 g/mol. The molecule has 3 aliphatic heterocycles. The van der Waals surface area contributed by atoms with Gasteiger partial charge in [0.1, 0.15) is 66.7 Å². The van der Waals surface area contributed by atoms with Gasteiger partial charge in [0.25, 0.3) is 0 Å². The fourth-order valence-corrected chi connectivity index (χ4v) is 17.2. The summed E-state index contributed by atoms with van der Waals surface area (Å²) < 4.78 is 91.3. The number of anilines is 2. The van der Waals surface area contributed by atoms with Gasteiger partial charge in [-0.15, -0.1) is 5.54 Å². The van der Waals surface area contributed by atoms with E-state index >= 15 is 13.2 Å². The van der Waals surface area contributed by atoms with Crippen LogP contribution in [-0.2, 0) is 17.8 Å². The van der Waals surface area contributed by atoms with Crippen LogP contribution in [0.4, 0.5) is 29.2 Å². The number of fused-ring (bicyclic) bond motifs is 3. The molecule has 74 heavy (non-hydrogen) atoms. The highest BCUT2D eigenvalue weighted by molar-refractivity contribution is 6.90. The second-order valence-electron chi connectivity index (χ2n) is 21.7. The first-order valence-electron chi connectivity index (χ1n) is 25.8. The molecule has 3 saturated heterocycles. The summed E-state index contributed by atoms with van der Waals surface area (Å²) in [6.07, 6.45) is 0.850. The van der Waals surface area contributed by atoms with Crippen molar-refractivity contribution in [2.75, 3.05) is 70.0 Å². The fraction of sp³-hybridized carbons (Fsp3) is 0.466. The maximum atomic E-state index is 18.5. The number of halogens is 4. The van der Waals surface area contributed by atoms with Crippen LogP contribution in [0, 0.1) is 28.9 Å². The Balaban J connectivity index is 1.30. The molecular weight excluding hydrogens is 965 g/mol.